The van der Waals surface area contributed by atoms with Crippen LogP contribution in [0.3, 0.4) is 0 Å². The molecule has 13 heteroatoms. The van der Waals surface area contributed by atoms with E-state index in [9.17, 15) is 18.3 Å². The number of hydrogen-bond donors (Lipinski definition) is 1. The summed E-state index contributed by atoms with van der Waals surface area (Å²) in [5, 5.41) is 12.0. The van der Waals surface area contributed by atoms with Crippen LogP contribution in [0.5, 0.6) is 11.8 Å². The summed E-state index contributed by atoms with van der Waals surface area (Å²) in [4.78, 5) is 17.2. The summed E-state index contributed by atoms with van der Waals surface area (Å²) >= 11 is 0. The van der Waals surface area contributed by atoms with Crippen molar-refractivity contribution < 1.29 is 31.8 Å². The van der Waals surface area contributed by atoms with E-state index in [2.05, 4.69) is 63.0 Å². The third-order valence-corrected chi connectivity index (χ3v) is 18.5. The molecule has 3 fully saturated rings. The van der Waals surface area contributed by atoms with Gasteiger partial charge in [-0.25, -0.2) is 31.9 Å². The highest BCUT2D eigenvalue weighted by molar-refractivity contribution is 6.90. The molecule has 2 saturated heterocycles. The summed E-state index contributed by atoms with van der Waals surface area (Å²) in [6.07, 6.45) is 1.10. The van der Waals surface area contributed by atoms with Crippen LogP contribution in [0.4, 0.5) is 27.8 Å². The maximum absolute atomic E-state index is 17.1. The number of phenolic OH excluding ortho intramolecular Hbond substituents is 1. The maximum atomic E-state index is 17.1. The van der Waals surface area contributed by atoms with Gasteiger partial charge < -0.3 is 14.7 Å². The lowest BCUT2D eigenvalue weighted by Gasteiger charge is -2.40. The monoisotopic (exact) mass is 765 g/mol. The molecule has 288 valence electrons. The fourth-order valence-electron chi connectivity index (χ4n) is 8.97. The average Bonchev–Trinajstić information content (AvgIpc) is 3.38. The van der Waals surface area contributed by atoms with Gasteiger partial charge in [0.2, 0.25) is 0 Å². The number of benzene rings is 2. The van der Waals surface area contributed by atoms with Crippen LogP contribution in [0.25, 0.3) is 32.9 Å². The number of fused-ring (bicyclic) bond motifs is 2. The lowest BCUT2D eigenvalue weighted by Crippen LogP contribution is -2.46. The topological polar surface area (TPSA) is 74.6 Å². The Morgan fingerprint density at radius 3 is 2.30 bits per heavy atom. The van der Waals surface area contributed by atoms with Gasteiger partial charge in [-0.2, -0.15) is 4.98 Å². The Bertz CT molecular complexity index is 2150. The zero-order valence-corrected chi connectivity index (χ0v) is 32.9. The van der Waals surface area contributed by atoms with E-state index in [0.29, 0.717) is 41.5 Å². The molecule has 0 radical (unpaired) electrons. The van der Waals surface area contributed by atoms with Crippen molar-refractivity contribution in [3.8, 4) is 34.5 Å². The van der Waals surface area contributed by atoms with E-state index in [4.69, 9.17) is 9.72 Å². The van der Waals surface area contributed by atoms with E-state index in [1.807, 2.05) is 11.8 Å². The minimum Gasteiger partial charge on any atom is -0.508 e. The molecule has 7 nitrogen and oxygen atoms in total. The summed E-state index contributed by atoms with van der Waals surface area (Å²) in [6.45, 7) is 15.7. The van der Waals surface area contributed by atoms with Crippen LogP contribution in [0, 0.1) is 28.5 Å². The third-order valence-electron chi connectivity index (χ3n) is 12.2. The Morgan fingerprint density at radius 1 is 1.02 bits per heavy atom. The van der Waals surface area contributed by atoms with E-state index >= 15 is 8.78 Å². The molecule has 2 aromatic heterocycles. The van der Waals surface area contributed by atoms with Crippen LogP contribution in [0.2, 0.25) is 16.6 Å². The SMILES string of the molecule is CC(C)[Si](C#Cc1c(F)ccc2cc(O)cc(-c3nc(N4CC[C@@H]4C)c4cnc(OC[C@]5(CN6CC[C@@H](F)C6)CC5(F)F)nc4c3F)c12)(C(C)C)C(C)C. The molecule has 2 aromatic carbocycles. The first kappa shape index (κ1) is 38.3. The number of nitrogens with zero attached hydrogens (tertiary/aromatic N) is 5. The highest BCUT2D eigenvalue weighted by Gasteiger charge is 2.72. The number of ether oxygens (including phenoxy) is 1. The predicted octanol–water partition coefficient (Wildman–Crippen LogP) is 9.44. The van der Waals surface area contributed by atoms with Crippen molar-refractivity contribution in [2.75, 3.05) is 37.7 Å². The summed E-state index contributed by atoms with van der Waals surface area (Å²) in [6, 6.07) is 5.48. The lowest BCUT2D eigenvalue weighted by atomic mass is 9.95. The molecule has 0 unspecified atom stereocenters. The molecule has 0 bridgehead atoms. The molecule has 54 heavy (non-hydrogen) atoms. The Labute approximate surface area is 314 Å². The molecular formula is C41H48F5N5O2Si. The van der Waals surface area contributed by atoms with Crippen molar-refractivity contribution in [2.24, 2.45) is 5.41 Å². The van der Waals surface area contributed by atoms with E-state index in [-0.39, 0.29) is 69.9 Å². The van der Waals surface area contributed by atoms with E-state index in [1.165, 1.54) is 30.5 Å². The van der Waals surface area contributed by atoms with Crippen LogP contribution in [-0.4, -0.2) is 84.0 Å². The normalized spacial score (nSPS) is 22.7. The summed E-state index contributed by atoms with van der Waals surface area (Å²) < 4.78 is 82.3. The second-order valence-corrected chi connectivity index (χ2v) is 22.2. The Hall–Kier alpha value is -4.02. The Kier molecular flexibility index (Phi) is 9.87. The Balaban J connectivity index is 1.37. The molecule has 4 aromatic rings. The summed E-state index contributed by atoms with van der Waals surface area (Å²) in [7, 11) is -2.32. The molecule has 0 spiro atoms. The van der Waals surface area contributed by atoms with Gasteiger partial charge in [-0.15, -0.1) is 5.54 Å². The van der Waals surface area contributed by atoms with Gasteiger partial charge in [0.15, 0.2) is 5.82 Å². The first-order chi connectivity index (χ1) is 25.5. The summed E-state index contributed by atoms with van der Waals surface area (Å²) in [5.74, 6) is -0.969. The number of aromatic hydroxyl groups is 1. The van der Waals surface area contributed by atoms with Crippen LogP contribution in [-0.2, 0) is 0 Å². The largest absolute Gasteiger partial charge is 0.508 e. The van der Waals surface area contributed by atoms with E-state index in [1.54, 1.807) is 4.90 Å². The molecule has 3 atom stereocenters. The highest BCUT2D eigenvalue weighted by Crippen LogP contribution is 2.61. The van der Waals surface area contributed by atoms with Crippen molar-refractivity contribution in [3.05, 3.63) is 47.7 Å². The zero-order valence-electron chi connectivity index (χ0n) is 31.9. The van der Waals surface area contributed by atoms with Crippen LogP contribution >= 0.6 is 0 Å². The number of likely N-dealkylation sites (tertiary alicyclic amines) is 1. The number of hydrogen-bond acceptors (Lipinski definition) is 7. The molecule has 7 rings (SSSR count). The van der Waals surface area contributed by atoms with Crippen molar-refractivity contribution in [1.29, 1.82) is 0 Å². The number of halogens is 5. The van der Waals surface area contributed by atoms with Gasteiger partial charge >= 0.3 is 6.01 Å². The van der Waals surface area contributed by atoms with Crippen molar-refractivity contribution in [3.63, 3.8) is 0 Å². The standard InChI is InChI=1S/C41H48F5N5O2Si/c1-23(2)54(24(3)4,25(5)6)15-12-30-33(43)9-8-27-16-29(52)17-31(34(27)30)36-35(44)37-32(38(48-36)51-14-10-26(51)7)18-47-39(49-37)53-22-40(20-41(40,45)46)21-50-13-11-28(42)19-50/h8-9,16-18,23-26,28,52H,10-11,13-14,19-22H2,1-7H3/t26-,28+,40+/m0/s1. The molecule has 4 heterocycles. The number of phenols is 1. The number of pyridine rings is 1. The van der Waals surface area contributed by atoms with Gasteiger partial charge in [-0.05, 0) is 60.0 Å². The molecule has 1 N–H and O–H groups in total. The number of anilines is 1. The first-order valence-electron chi connectivity index (χ1n) is 19.0. The van der Waals surface area contributed by atoms with Crippen LogP contribution in [0.1, 0.15) is 73.3 Å². The molecule has 3 aliphatic rings. The van der Waals surface area contributed by atoms with Gasteiger partial charge in [0.1, 0.15) is 49.4 Å². The lowest BCUT2D eigenvalue weighted by molar-refractivity contribution is 0.0246. The molecule has 2 aliphatic heterocycles. The summed E-state index contributed by atoms with van der Waals surface area (Å²) in [5.41, 5.74) is 2.84. The quantitative estimate of drug-likeness (QED) is 0.0980. The minimum absolute atomic E-state index is 0.0328. The predicted molar refractivity (Wildman–Crippen MR) is 205 cm³/mol. The third kappa shape index (κ3) is 6.46. The van der Waals surface area contributed by atoms with Crippen LogP contribution in [0.15, 0.2) is 30.5 Å². The average molecular weight is 766 g/mol. The van der Waals surface area contributed by atoms with Gasteiger partial charge in [-0.1, -0.05) is 53.5 Å². The fraction of sp³-hybridized carbons (Fsp3) is 0.537. The number of alkyl halides is 3. The first-order valence-corrected chi connectivity index (χ1v) is 21.2. The maximum Gasteiger partial charge on any atom is 0.317 e. The highest BCUT2D eigenvalue weighted by atomic mass is 28.3. The molecule has 1 aliphatic carbocycles. The molecule has 0 amide bonds. The van der Waals surface area contributed by atoms with Gasteiger partial charge in [0.25, 0.3) is 5.92 Å². The van der Waals surface area contributed by atoms with Crippen molar-refractivity contribution >= 4 is 35.6 Å². The van der Waals surface area contributed by atoms with E-state index < -0.39 is 50.2 Å². The van der Waals surface area contributed by atoms with Gasteiger partial charge in [0.05, 0.1) is 16.4 Å². The zero-order chi connectivity index (χ0) is 38.9. The fourth-order valence-corrected chi connectivity index (χ4v) is 14.2. The Morgan fingerprint density at radius 2 is 1.72 bits per heavy atom. The van der Waals surface area contributed by atoms with Crippen molar-refractivity contribution in [2.45, 2.75) is 102 Å². The molecule has 1 saturated carbocycles. The molecular weight excluding hydrogens is 718 g/mol. The van der Waals surface area contributed by atoms with Crippen LogP contribution < -0.4 is 9.64 Å². The van der Waals surface area contributed by atoms with E-state index in [0.717, 1.165) is 6.42 Å². The number of rotatable bonds is 10. The van der Waals surface area contributed by atoms with Gasteiger partial charge in [-0.3, -0.25) is 4.90 Å². The number of aromatic nitrogens is 3. The second kappa shape index (κ2) is 13.9. The second-order valence-electron chi connectivity index (χ2n) is 16.6. The van der Waals surface area contributed by atoms with Crippen molar-refractivity contribution in [1.82, 2.24) is 19.9 Å². The van der Waals surface area contributed by atoms with Gasteiger partial charge in [0, 0.05) is 55.8 Å². The smallest absolute Gasteiger partial charge is 0.317 e. The minimum atomic E-state index is -3.00.